The van der Waals surface area contributed by atoms with Gasteiger partial charge >= 0.3 is 55.4 Å². The molecule has 1 aliphatic rings. The molecule has 384 valence electrons. The van der Waals surface area contributed by atoms with Crippen LogP contribution in [0.2, 0.25) is 0 Å². The summed E-state index contributed by atoms with van der Waals surface area (Å²) >= 11 is 19.1. The van der Waals surface area contributed by atoms with Crippen molar-refractivity contribution in [2.24, 2.45) is 9.98 Å². The molecule has 0 saturated carbocycles. The molecule has 0 aromatic heterocycles. The molecule has 0 fully saturated rings. The van der Waals surface area contributed by atoms with Crippen molar-refractivity contribution in [1.29, 1.82) is 0 Å². The summed E-state index contributed by atoms with van der Waals surface area (Å²) in [5.41, 5.74) is 11.7. The average Bonchev–Trinajstić information content (AvgIpc) is 3.59. The van der Waals surface area contributed by atoms with E-state index in [2.05, 4.69) is 219 Å². The maximum atomic E-state index is 9.87. The molecule has 0 aliphatic heterocycles. The van der Waals surface area contributed by atoms with E-state index in [4.69, 9.17) is 56.4 Å². The number of rotatable bonds is 9. The molecule has 0 bridgehead atoms. The zero-order valence-electron chi connectivity index (χ0n) is 40.7. The molecule has 15 heteroatoms. The molecule has 0 spiro atoms. The number of para-hydroxylation sites is 2. The monoisotopic (exact) mass is 1270 g/mol. The van der Waals surface area contributed by atoms with Crippen LogP contribution in [0.15, 0.2) is 174 Å². The predicted molar refractivity (Wildman–Crippen MR) is 297 cm³/mol. The largest absolute Gasteiger partial charge is 1.00 e. The van der Waals surface area contributed by atoms with Crippen LogP contribution in [0.3, 0.4) is 0 Å². The van der Waals surface area contributed by atoms with Crippen molar-refractivity contribution in [3.63, 3.8) is 0 Å². The van der Waals surface area contributed by atoms with Crippen LogP contribution in [-0.2, 0) is 22.4 Å². The van der Waals surface area contributed by atoms with Crippen LogP contribution in [0.5, 0.6) is 0 Å². The van der Waals surface area contributed by atoms with Crippen molar-refractivity contribution in [1.82, 2.24) is 0 Å². The molecule has 71 heavy (non-hydrogen) atoms. The Hall–Kier alpha value is -3.52. The summed E-state index contributed by atoms with van der Waals surface area (Å²) in [4.78, 5) is 11.1. The molecule has 0 saturated heterocycles. The molecule has 0 unspecified atom stereocenters. The van der Waals surface area contributed by atoms with Crippen molar-refractivity contribution in [3.8, 4) is 0 Å². The molecule has 1 aliphatic carbocycles. The molecule has 0 N–H and O–H groups in total. The number of benzene rings is 7. The molecule has 8 rings (SSSR count). The van der Waals surface area contributed by atoms with Crippen molar-refractivity contribution >= 4 is 112 Å². The zero-order chi connectivity index (χ0) is 51.9. The molecule has 7 aromatic rings. The second kappa shape index (κ2) is 27.1. The van der Waals surface area contributed by atoms with Gasteiger partial charge in [0.25, 0.3) is 0 Å². The third-order valence-electron chi connectivity index (χ3n) is 10.8. The minimum Gasteiger partial charge on any atom is -0.0622 e. The van der Waals surface area contributed by atoms with Crippen LogP contribution in [0.25, 0.3) is 10.8 Å². The molecule has 0 heterocycles. The van der Waals surface area contributed by atoms with Gasteiger partial charge in [0.2, 0.25) is 0 Å². The molecule has 2 nitrogen and oxygen atoms in total. The minimum atomic E-state index is -10.7. The summed E-state index contributed by atoms with van der Waals surface area (Å²) in [5.74, 6) is 1.51. The first-order valence-corrected chi connectivity index (χ1v) is 28.1. The molecule has 0 atom stereocenters. The third kappa shape index (κ3) is 19.0. The van der Waals surface area contributed by atoms with Gasteiger partial charge in [-0.15, -0.1) is 46.4 Å². The maximum Gasteiger partial charge on any atom is 1.00 e. The number of aliphatic imine (C=N–C) groups is 2. The summed E-state index contributed by atoms with van der Waals surface area (Å²) in [6.45, 7) is 18.1. The number of alkyl halides is 4. The molecule has 0 amide bonds. The van der Waals surface area contributed by atoms with Crippen molar-refractivity contribution in [3.05, 3.63) is 197 Å². The first-order chi connectivity index (χ1) is 32.9. The predicted octanol–water partition coefficient (Wildman–Crippen LogP) is 20.3. The van der Waals surface area contributed by atoms with Gasteiger partial charge in [-0.05, 0) is 75.1 Å². The smallest absolute Gasteiger partial charge is 0.0622 e. The van der Waals surface area contributed by atoms with Crippen molar-refractivity contribution in [2.45, 2.75) is 79.1 Å². The fourth-order valence-corrected chi connectivity index (χ4v) is 10.2. The normalized spacial score (nSPS) is 13.8. The van der Waals surface area contributed by atoms with Crippen LogP contribution < -0.4 is 15.9 Å². The van der Waals surface area contributed by atoms with Gasteiger partial charge in [0, 0.05) is 16.5 Å². The Labute approximate surface area is 452 Å². The van der Waals surface area contributed by atoms with Gasteiger partial charge in [0.05, 0.1) is 33.5 Å². The van der Waals surface area contributed by atoms with E-state index in [0.29, 0.717) is 23.7 Å². The summed E-state index contributed by atoms with van der Waals surface area (Å²) in [6.07, 6.45) is 0. The van der Waals surface area contributed by atoms with Crippen LogP contribution in [0, 0.1) is 0 Å². The van der Waals surface area contributed by atoms with Crippen LogP contribution in [-0.4, -0.2) is 22.1 Å². The molecule has 0 radical (unpaired) electrons. The summed E-state index contributed by atoms with van der Waals surface area (Å²) in [7, 11) is -11.1. The Balaban J connectivity index is 0.000000334. The summed E-state index contributed by atoms with van der Waals surface area (Å²) in [5, 5.41) is 7.08. The van der Waals surface area contributed by atoms with Gasteiger partial charge in [-0.1, -0.05) is 219 Å². The zero-order valence-corrected chi connectivity index (χ0v) is 47.7. The molecular weight excluding hydrogens is 1220 g/mol. The van der Waals surface area contributed by atoms with E-state index in [1.165, 1.54) is 60.1 Å². The fraction of sp³-hybridized carbons (Fsp3) is 0.250. The topological polar surface area (TPSA) is 24.7 Å². The first kappa shape index (κ1) is 61.8. The number of hydrogen-bond acceptors (Lipinski definition) is 2. The van der Waals surface area contributed by atoms with Gasteiger partial charge in [0.1, 0.15) is 0 Å². The van der Waals surface area contributed by atoms with Crippen molar-refractivity contribution < 1.29 is 47.6 Å². The Morgan fingerprint density at radius 3 is 0.873 bits per heavy atom. The standard InChI is InChI=1S/C36H40N2.C18H15P.2CH2Cl2.Au.F6P/c1-21(2)26-15-11-16-27(22(3)4)33(26)37-35-30-19-9-13-25-14-10-20-31(32(25)30)36(35)38-34-28(23(5)6)17-12-18-29(34)24(7)8;1-4-10-16(11-5-1)19(17-12-6-2-7-13-17)18-14-8-3-9-15-18;2*2-1-3;;1-7(2,3,4,5)6/h9-24H,1-8H3;1-15H;2*1H2;;/q;;;;+1;-1. The van der Waals surface area contributed by atoms with Crippen LogP contribution in [0.1, 0.15) is 112 Å². The van der Waals surface area contributed by atoms with Gasteiger partial charge in [-0.25, -0.2) is 9.98 Å². The quantitative estimate of drug-likeness (QED) is 0.0596. The Morgan fingerprint density at radius 2 is 0.634 bits per heavy atom. The van der Waals surface area contributed by atoms with E-state index in [1.54, 1.807) is 0 Å². The Morgan fingerprint density at radius 1 is 0.394 bits per heavy atom. The number of nitrogens with zero attached hydrogens (tertiary/aromatic N) is 2. The van der Waals surface area contributed by atoms with Gasteiger partial charge in [-0.3, -0.25) is 0 Å². The van der Waals surface area contributed by atoms with E-state index in [-0.39, 0.29) is 33.1 Å². The first-order valence-electron chi connectivity index (χ1n) is 22.6. The molecule has 7 aromatic carbocycles. The van der Waals surface area contributed by atoms with Gasteiger partial charge in [0.15, 0.2) is 0 Å². The van der Waals surface area contributed by atoms with E-state index >= 15 is 0 Å². The van der Waals surface area contributed by atoms with E-state index in [9.17, 15) is 25.2 Å². The van der Waals surface area contributed by atoms with E-state index < -0.39 is 15.7 Å². The number of halogens is 10. The van der Waals surface area contributed by atoms with Crippen LogP contribution >= 0.6 is 62.1 Å². The van der Waals surface area contributed by atoms with Gasteiger partial charge < -0.3 is 0 Å². The van der Waals surface area contributed by atoms with Crippen LogP contribution in [0.4, 0.5) is 36.6 Å². The van der Waals surface area contributed by atoms with Gasteiger partial charge in [-0.2, -0.15) is 0 Å². The average molecular weight is 1270 g/mol. The second-order valence-corrected chi connectivity index (χ2v) is 23.1. The maximum absolute atomic E-state index is 10.7. The minimum absolute atomic E-state index is 0. The summed E-state index contributed by atoms with van der Waals surface area (Å²) < 4.78 is 59.2. The molecular formula is C56H59AuCl4F6N2P2. The van der Waals surface area contributed by atoms with Crippen molar-refractivity contribution in [2.75, 3.05) is 10.7 Å². The SMILES string of the molecule is CC(C)c1cccc(C(C)C)c1N=C1C(=Nc2c(C(C)C)cccc2C(C)C)c2cccc3cccc1c23.ClCCl.ClCCl.F[P-](F)(F)(F)(F)F.[Au+].c1ccc(P(c2ccccc2)c2ccccc2)cc1. The Kier molecular flexibility index (Phi) is 23.6. The van der Waals surface area contributed by atoms with E-state index in [0.717, 1.165) is 22.8 Å². The second-order valence-electron chi connectivity index (χ2n) is 17.3. The fourth-order valence-electron chi connectivity index (χ4n) is 7.90. The number of hydrogen-bond donors (Lipinski definition) is 0. The third-order valence-corrected chi connectivity index (χ3v) is 13.3. The summed E-state index contributed by atoms with van der Waals surface area (Å²) in [6, 6.07) is 58.8. The van der Waals surface area contributed by atoms with E-state index in [1.807, 2.05) is 0 Å². The Bertz CT molecular complexity index is 2560.